The van der Waals surface area contributed by atoms with E-state index in [-0.39, 0.29) is 5.91 Å². The number of aromatic nitrogens is 3. The van der Waals surface area contributed by atoms with Crippen molar-refractivity contribution < 1.29 is 9.32 Å². The van der Waals surface area contributed by atoms with Crippen molar-refractivity contribution in [3.05, 3.63) is 23.2 Å². The maximum absolute atomic E-state index is 11.9. The molecule has 2 heterocycles. The van der Waals surface area contributed by atoms with Crippen LogP contribution in [-0.2, 0) is 11.3 Å². The number of thioether (sulfide) groups is 1. The van der Waals surface area contributed by atoms with E-state index in [0.717, 1.165) is 30.2 Å². The molecule has 126 valence electrons. The zero-order valence-corrected chi connectivity index (χ0v) is 15.0. The molecule has 0 unspecified atom stereocenters. The van der Waals surface area contributed by atoms with Crippen LogP contribution in [0.25, 0.3) is 0 Å². The van der Waals surface area contributed by atoms with Crippen LogP contribution in [0.3, 0.4) is 0 Å². The third kappa shape index (κ3) is 4.86. The van der Waals surface area contributed by atoms with Gasteiger partial charge in [-0.3, -0.25) is 4.79 Å². The highest BCUT2D eigenvalue weighted by atomic mass is 32.2. The fourth-order valence-corrected chi connectivity index (χ4v) is 3.23. The van der Waals surface area contributed by atoms with Crippen LogP contribution in [-0.4, -0.2) is 26.4 Å². The summed E-state index contributed by atoms with van der Waals surface area (Å²) >= 11 is 1.62. The minimum absolute atomic E-state index is 0.0640. The molecule has 0 aromatic carbocycles. The lowest BCUT2D eigenvalue weighted by atomic mass is 10.3. The second kappa shape index (κ2) is 8.19. The Morgan fingerprint density at radius 2 is 2.17 bits per heavy atom. The number of unbranched alkanes of at least 4 members (excludes halogenated alkanes) is 1. The Morgan fingerprint density at radius 1 is 1.39 bits per heavy atom. The van der Waals surface area contributed by atoms with Gasteiger partial charge >= 0.3 is 0 Å². The first-order valence-corrected chi connectivity index (χ1v) is 8.89. The molecule has 0 aliphatic rings. The van der Waals surface area contributed by atoms with Gasteiger partial charge in [0.1, 0.15) is 5.76 Å². The van der Waals surface area contributed by atoms with Gasteiger partial charge in [0.25, 0.3) is 0 Å². The van der Waals surface area contributed by atoms with E-state index in [4.69, 9.17) is 4.52 Å². The van der Waals surface area contributed by atoms with E-state index < -0.39 is 0 Å². The lowest BCUT2D eigenvalue weighted by Crippen LogP contribution is -2.12. The molecule has 7 heteroatoms. The van der Waals surface area contributed by atoms with Crippen LogP contribution in [0, 0.1) is 20.8 Å². The van der Waals surface area contributed by atoms with Gasteiger partial charge in [-0.25, -0.2) is 4.98 Å². The van der Waals surface area contributed by atoms with Gasteiger partial charge in [0.15, 0.2) is 11.0 Å². The number of hydrogen-bond donors (Lipinski definition) is 1. The Labute approximate surface area is 141 Å². The fourth-order valence-electron chi connectivity index (χ4n) is 2.18. The van der Waals surface area contributed by atoms with Crippen molar-refractivity contribution in [2.75, 3.05) is 11.1 Å². The van der Waals surface area contributed by atoms with Gasteiger partial charge in [0, 0.05) is 30.5 Å². The van der Waals surface area contributed by atoms with Gasteiger partial charge in [-0.2, -0.15) is 0 Å². The predicted octanol–water partition coefficient (Wildman–Crippen LogP) is 3.72. The normalized spacial score (nSPS) is 11.0. The van der Waals surface area contributed by atoms with E-state index in [1.807, 2.05) is 6.92 Å². The van der Waals surface area contributed by atoms with Crippen LogP contribution in [0.1, 0.15) is 43.3 Å². The van der Waals surface area contributed by atoms with Crippen molar-refractivity contribution in [3.63, 3.8) is 0 Å². The highest BCUT2D eigenvalue weighted by Crippen LogP contribution is 2.22. The standard InChI is InChI=1S/C16H24N4O2S/c1-5-6-8-20-13(4)12(3)17-16(20)23-9-7-15(21)18-14-10-11(2)22-19-14/h10H,5-9H2,1-4H3,(H,18,19,21). The van der Waals surface area contributed by atoms with Crippen LogP contribution in [0.4, 0.5) is 5.82 Å². The van der Waals surface area contributed by atoms with E-state index in [9.17, 15) is 4.79 Å². The number of nitrogens with one attached hydrogen (secondary N) is 1. The lowest BCUT2D eigenvalue weighted by Gasteiger charge is -2.09. The average molecular weight is 336 g/mol. The first-order chi connectivity index (χ1) is 11.0. The third-order valence-electron chi connectivity index (χ3n) is 3.61. The summed E-state index contributed by atoms with van der Waals surface area (Å²) in [5, 5.41) is 7.48. The second-order valence-electron chi connectivity index (χ2n) is 5.54. The molecule has 1 amide bonds. The summed E-state index contributed by atoms with van der Waals surface area (Å²) < 4.78 is 7.18. The second-order valence-corrected chi connectivity index (χ2v) is 6.60. The Kier molecular flexibility index (Phi) is 6.27. The molecule has 0 radical (unpaired) electrons. The van der Waals surface area contributed by atoms with E-state index in [1.54, 1.807) is 24.8 Å². The topological polar surface area (TPSA) is 73.0 Å². The van der Waals surface area contributed by atoms with Crippen LogP contribution in [0.15, 0.2) is 15.7 Å². The summed E-state index contributed by atoms with van der Waals surface area (Å²) in [6.07, 6.45) is 2.70. The molecule has 0 fully saturated rings. The molecule has 0 atom stereocenters. The number of rotatable bonds is 8. The van der Waals surface area contributed by atoms with Gasteiger partial charge in [-0.15, -0.1) is 0 Å². The first-order valence-electron chi connectivity index (χ1n) is 7.91. The summed E-state index contributed by atoms with van der Waals surface area (Å²) in [4.78, 5) is 16.5. The number of amides is 1. The highest BCUT2D eigenvalue weighted by molar-refractivity contribution is 7.99. The van der Waals surface area contributed by atoms with Crippen molar-refractivity contribution in [1.82, 2.24) is 14.7 Å². The number of nitrogens with zero attached hydrogens (tertiary/aromatic N) is 3. The molecule has 2 rings (SSSR count). The molecule has 2 aromatic rings. The number of carbonyl (C=O) groups excluding carboxylic acids is 1. The predicted molar refractivity (Wildman–Crippen MR) is 91.8 cm³/mol. The quantitative estimate of drug-likeness (QED) is 0.744. The largest absolute Gasteiger partial charge is 0.360 e. The van der Waals surface area contributed by atoms with Crippen LogP contribution in [0.5, 0.6) is 0 Å². The van der Waals surface area contributed by atoms with Crippen LogP contribution in [0.2, 0.25) is 0 Å². The third-order valence-corrected chi connectivity index (χ3v) is 4.59. The van der Waals surface area contributed by atoms with Gasteiger partial charge in [-0.05, 0) is 27.2 Å². The molecule has 0 spiro atoms. The van der Waals surface area contributed by atoms with Gasteiger partial charge in [0.05, 0.1) is 5.69 Å². The average Bonchev–Trinajstić information content (AvgIpc) is 3.02. The lowest BCUT2D eigenvalue weighted by molar-refractivity contribution is -0.115. The molecule has 6 nitrogen and oxygen atoms in total. The van der Waals surface area contributed by atoms with Crippen molar-refractivity contribution in [2.24, 2.45) is 0 Å². The number of aryl methyl sites for hydroxylation is 2. The fraction of sp³-hybridized carbons (Fsp3) is 0.562. The Morgan fingerprint density at radius 3 is 2.83 bits per heavy atom. The minimum atomic E-state index is -0.0640. The van der Waals surface area contributed by atoms with Crippen molar-refractivity contribution in [1.29, 1.82) is 0 Å². The molecule has 1 N–H and O–H groups in total. The molecule has 0 aliphatic heterocycles. The molecule has 0 aliphatic carbocycles. The zero-order valence-electron chi connectivity index (χ0n) is 14.2. The number of hydrogen-bond acceptors (Lipinski definition) is 5. The smallest absolute Gasteiger partial charge is 0.226 e. The minimum Gasteiger partial charge on any atom is -0.360 e. The monoisotopic (exact) mass is 336 g/mol. The van der Waals surface area contributed by atoms with E-state index in [1.165, 1.54) is 5.69 Å². The summed E-state index contributed by atoms with van der Waals surface area (Å²) in [5.74, 6) is 1.77. The molecule has 23 heavy (non-hydrogen) atoms. The van der Waals surface area contributed by atoms with Crippen molar-refractivity contribution in [2.45, 2.75) is 58.7 Å². The summed E-state index contributed by atoms with van der Waals surface area (Å²) in [6, 6.07) is 1.70. The van der Waals surface area contributed by atoms with E-state index in [0.29, 0.717) is 23.8 Å². The summed E-state index contributed by atoms with van der Waals surface area (Å²) in [5.41, 5.74) is 2.27. The van der Waals surface area contributed by atoms with Gasteiger partial charge in [-0.1, -0.05) is 30.3 Å². The maximum atomic E-state index is 11.9. The number of imidazole rings is 1. The zero-order chi connectivity index (χ0) is 16.8. The van der Waals surface area contributed by atoms with Gasteiger partial charge < -0.3 is 14.4 Å². The van der Waals surface area contributed by atoms with Gasteiger partial charge in [0.2, 0.25) is 5.91 Å². The molecule has 0 bridgehead atoms. The Hall–Kier alpha value is -1.76. The van der Waals surface area contributed by atoms with Crippen LogP contribution >= 0.6 is 11.8 Å². The Balaban J connectivity index is 1.85. The van der Waals surface area contributed by atoms with Crippen molar-refractivity contribution in [3.8, 4) is 0 Å². The maximum Gasteiger partial charge on any atom is 0.226 e. The van der Waals surface area contributed by atoms with E-state index in [2.05, 4.69) is 33.9 Å². The SMILES string of the molecule is CCCCn1c(SCCC(=O)Nc2cc(C)on2)nc(C)c1C. The molecular formula is C16H24N4O2S. The molecule has 2 aromatic heterocycles. The van der Waals surface area contributed by atoms with Crippen molar-refractivity contribution >= 4 is 23.5 Å². The van der Waals surface area contributed by atoms with Crippen LogP contribution < -0.4 is 5.32 Å². The molecule has 0 saturated carbocycles. The Bertz CT molecular complexity index is 663. The highest BCUT2D eigenvalue weighted by Gasteiger charge is 2.12. The summed E-state index contributed by atoms with van der Waals surface area (Å²) in [6.45, 7) is 9.08. The first kappa shape index (κ1) is 17.6. The molecular weight excluding hydrogens is 312 g/mol. The van der Waals surface area contributed by atoms with E-state index >= 15 is 0 Å². The molecule has 0 saturated heterocycles. The number of carbonyl (C=O) groups is 1. The summed E-state index contributed by atoms with van der Waals surface area (Å²) in [7, 11) is 0. The number of anilines is 1.